The van der Waals surface area contributed by atoms with E-state index in [1.807, 2.05) is 0 Å². The summed E-state index contributed by atoms with van der Waals surface area (Å²) in [5, 5.41) is 64.8. The van der Waals surface area contributed by atoms with Gasteiger partial charge in [0.05, 0.1) is 18.4 Å². The van der Waals surface area contributed by atoms with E-state index >= 15 is 0 Å². The molecular weight excluding hydrogens is 302 g/mol. The number of hydrogen-bond acceptors (Lipinski definition) is 10. The van der Waals surface area contributed by atoms with E-state index in [-0.39, 0.29) is 12.2 Å². The van der Waals surface area contributed by atoms with Crippen LogP contribution in [-0.2, 0) is 16.0 Å². The van der Waals surface area contributed by atoms with Gasteiger partial charge >= 0.3 is 0 Å². The van der Waals surface area contributed by atoms with E-state index in [4.69, 9.17) is 9.47 Å². The van der Waals surface area contributed by atoms with Crippen LogP contribution in [0.15, 0.2) is 6.20 Å². The minimum Gasteiger partial charge on any atom is -0.387 e. The van der Waals surface area contributed by atoms with E-state index in [2.05, 4.69) is 10.3 Å². The van der Waals surface area contributed by atoms with Gasteiger partial charge in [0, 0.05) is 0 Å². The Kier molecular flexibility index (Phi) is 4.13. The Bertz CT molecular complexity index is 527. The third-order valence-corrected chi connectivity index (χ3v) is 3.87. The van der Waals surface area contributed by atoms with Crippen molar-refractivity contribution < 1.29 is 40.1 Å². The van der Waals surface area contributed by atoms with E-state index in [1.54, 1.807) is 0 Å². The summed E-state index contributed by atoms with van der Waals surface area (Å²) in [5.74, 6) is 0. The highest BCUT2D eigenvalue weighted by Gasteiger charge is 2.46. The molecule has 11 nitrogen and oxygen atoms in total. The second kappa shape index (κ2) is 5.79. The Balaban J connectivity index is 1.76. The summed E-state index contributed by atoms with van der Waals surface area (Å²) >= 11 is 0. The summed E-state index contributed by atoms with van der Waals surface area (Å²) in [6, 6.07) is 0. The van der Waals surface area contributed by atoms with Crippen LogP contribution in [0.2, 0.25) is 0 Å². The maximum atomic E-state index is 9.86. The zero-order chi connectivity index (χ0) is 16.0. The maximum Gasteiger partial charge on any atom is 0.184 e. The van der Waals surface area contributed by atoms with Crippen molar-refractivity contribution in [1.82, 2.24) is 15.0 Å². The highest BCUT2D eigenvalue weighted by Crippen LogP contribution is 2.32. The zero-order valence-electron chi connectivity index (χ0n) is 11.2. The minimum atomic E-state index is -1.54. The number of aromatic nitrogens is 3. The lowest BCUT2D eigenvalue weighted by molar-refractivity contribution is -0.132. The van der Waals surface area contributed by atoms with Gasteiger partial charge in [-0.3, -0.25) is 0 Å². The number of ether oxygens (including phenoxy) is 2. The van der Waals surface area contributed by atoms with E-state index in [0.717, 1.165) is 0 Å². The molecule has 8 atom stereocenters. The molecule has 2 aliphatic heterocycles. The molecule has 6 N–H and O–H groups in total. The Morgan fingerprint density at radius 1 is 0.909 bits per heavy atom. The van der Waals surface area contributed by atoms with Gasteiger partial charge in [0.2, 0.25) is 0 Å². The Hall–Kier alpha value is -1.18. The highest BCUT2D eigenvalue weighted by atomic mass is 16.7. The quantitative estimate of drug-likeness (QED) is 0.321. The second-order valence-electron chi connectivity index (χ2n) is 5.32. The lowest BCUT2D eigenvalue weighted by atomic mass is 10.1. The average Bonchev–Trinajstić information content (AvgIpc) is 3.11. The van der Waals surface area contributed by atoms with Gasteiger partial charge in [-0.2, -0.15) is 0 Å². The van der Waals surface area contributed by atoms with Gasteiger partial charge in [-0.1, -0.05) is 5.21 Å². The van der Waals surface area contributed by atoms with Crippen molar-refractivity contribution in [1.29, 1.82) is 0 Å². The summed E-state index contributed by atoms with van der Waals surface area (Å²) in [5.41, 5.74) is 0.245. The van der Waals surface area contributed by atoms with Crippen LogP contribution in [0.3, 0.4) is 0 Å². The van der Waals surface area contributed by atoms with Gasteiger partial charge in [-0.15, -0.1) is 5.10 Å². The molecule has 2 aliphatic rings. The lowest BCUT2D eigenvalue weighted by Crippen LogP contribution is -2.35. The third-order valence-electron chi connectivity index (χ3n) is 3.87. The molecule has 0 saturated carbocycles. The normalized spacial score (nSPS) is 45.5. The fraction of sp³-hybridized carbons (Fsp3) is 0.818. The maximum absolute atomic E-state index is 9.86. The summed E-state index contributed by atoms with van der Waals surface area (Å²) in [6.45, 7) is -0.0800. The first kappa shape index (κ1) is 15.7. The number of nitrogens with zero attached hydrogens (tertiary/aromatic N) is 3. The number of aliphatic hydroxyl groups excluding tert-OH is 6. The van der Waals surface area contributed by atoms with Crippen molar-refractivity contribution in [3.05, 3.63) is 11.9 Å². The predicted octanol–water partition coefficient (Wildman–Crippen LogP) is -4.17. The van der Waals surface area contributed by atoms with Crippen molar-refractivity contribution >= 4 is 0 Å². The zero-order valence-corrected chi connectivity index (χ0v) is 11.2. The first-order valence-corrected chi connectivity index (χ1v) is 6.68. The average molecular weight is 319 g/mol. The molecule has 124 valence electrons. The molecule has 1 aromatic heterocycles. The van der Waals surface area contributed by atoms with Gasteiger partial charge in [0.25, 0.3) is 0 Å². The Labute approximate surface area is 123 Å². The molecule has 2 fully saturated rings. The van der Waals surface area contributed by atoms with Crippen molar-refractivity contribution in [2.75, 3.05) is 0 Å². The summed E-state index contributed by atoms with van der Waals surface area (Å²) < 4.78 is 11.3. The number of aliphatic hydroxyl groups is 6. The summed E-state index contributed by atoms with van der Waals surface area (Å²) in [4.78, 5) is 0. The van der Waals surface area contributed by atoms with E-state index < -0.39 is 49.2 Å². The molecule has 0 radical (unpaired) electrons. The van der Waals surface area contributed by atoms with Gasteiger partial charge in [-0.05, 0) is 0 Å². The van der Waals surface area contributed by atoms with Gasteiger partial charge in [-0.25, -0.2) is 4.68 Å². The van der Waals surface area contributed by atoms with Crippen LogP contribution < -0.4 is 0 Å². The predicted molar refractivity (Wildman–Crippen MR) is 64.8 cm³/mol. The molecule has 3 rings (SSSR count). The molecule has 1 aromatic rings. The van der Waals surface area contributed by atoms with Crippen molar-refractivity contribution in [2.24, 2.45) is 0 Å². The smallest absolute Gasteiger partial charge is 0.184 e. The van der Waals surface area contributed by atoms with Crippen molar-refractivity contribution in [2.45, 2.75) is 55.7 Å². The molecule has 0 aromatic carbocycles. The molecule has 2 saturated heterocycles. The largest absolute Gasteiger partial charge is 0.387 e. The molecule has 22 heavy (non-hydrogen) atoms. The van der Waals surface area contributed by atoms with E-state index in [1.165, 1.54) is 10.9 Å². The van der Waals surface area contributed by atoms with Gasteiger partial charge in [0.15, 0.2) is 12.6 Å². The molecule has 0 amide bonds. The van der Waals surface area contributed by atoms with Gasteiger partial charge in [0.1, 0.15) is 36.6 Å². The molecular formula is C11H17N3O8. The highest BCUT2D eigenvalue weighted by molar-refractivity contribution is 5.07. The van der Waals surface area contributed by atoms with Crippen LogP contribution in [0.1, 0.15) is 11.8 Å². The second-order valence-corrected chi connectivity index (χ2v) is 5.32. The third kappa shape index (κ3) is 2.51. The summed E-state index contributed by atoms with van der Waals surface area (Å²) in [6.07, 6.45) is -9.39. The SMILES string of the molecule is OC1O[C@H](c2cnnn2C[C@H]2OC(O)[C@H](O)[C@H]2O)[C@H](O)[C@H]1O. The number of rotatable bonds is 3. The van der Waals surface area contributed by atoms with Gasteiger partial charge < -0.3 is 40.1 Å². The Morgan fingerprint density at radius 3 is 2.09 bits per heavy atom. The molecule has 0 aliphatic carbocycles. The van der Waals surface area contributed by atoms with Crippen molar-refractivity contribution in [3.63, 3.8) is 0 Å². The number of hydrogen-bond donors (Lipinski definition) is 6. The molecule has 0 spiro atoms. The first-order valence-electron chi connectivity index (χ1n) is 6.68. The minimum absolute atomic E-state index is 0.0800. The monoisotopic (exact) mass is 319 g/mol. The van der Waals surface area contributed by atoms with Crippen molar-refractivity contribution in [3.8, 4) is 0 Å². The van der Waals surface area contributed by atoms with Crippen LogP contribution in [0.5, 0.6) is 0 Å². The Morgan fingerprint density at radius 2 is 1.55 bits per heavy atom. The fourth-order valence-corrected chi connectivity index (χ4v) is 2.58. The van der Waals surface area contributed by atoms with Crippen LogP contribution in [0.4, 0.5) is 0 Å². The van der Waals surface area contributed by atoms with E-state index in [9.17, 15) is 30.6 Å². The molecule has 11 heteroatoms. The first-order chi connectivity index (χ1) is 10.4. The van der Waals surface area contributed by atoms with Crippen LogP contribution in [0, 0.1) is 0 Å². The molecule has 3 heterocycles. The topological polar surface area (TPSA) is 171 Å². The molecule has 2 unspecified atom stereocenters. The van der Waals surface area contributed by atoms with Crippen LogP contribution in [0.25, 0.3) is 0 Å². The fourth-order valence-electron chi connectivity index (χ4n) is 2.58. The standard InChI is InChI=1S/C11H17N3O8/c15-5-4(21-10(19)7(5)17)2-14-3(1-12-13-14)9-6(16)8(18)11(20)22-9/h1,4-11,15-20H,2H2/t4-,5+,6-,7-,8-,9-,10?,11?/m1/s1. The van der Waals surface area contributed by atoms with Crippen LogP contribution >= 0.6 is 0 Å². The molecule has 0 bridgehead atoms. The summed E-state index contributed by atoms with van der Waals surface area (Å²) in [7, 11) is 0. The van der Waals surface area contributed by atoms with E-state index in [0.29, 0.717) is 0 Å². The lowest BCUT2D eigenvalue weighted by Gasteiger charge is -2.18. The van der Waals surface area contributed by atoms with Crippen LogP contribution in [-0.4, -0.2) is 88.7 Å².